The van der Waals surface area contributed by atoms with Crippen molar-refractivity contribution in [3.63, 3.8) is 0 Å². The number of nitrogens with one attached hydrogen (secondary N) is 1. The quantitative estimate of drug-likeness (QED) is 0.610. The number of fused-ring (bicyclic) bond motifs is 1. The van der Waals surface area contributed by atoms with E-state index in [1.807, 2.05) is 36.7 Å². The molecule has 0 saturated heterocycles. The van der Waals surface area contributed by atoms with Gasteiger partial charge in [-0.25, -0.2) is 4.98 Å². The van der Waals surface area contributed by atoms with Gasteiger partial charge in [-0.05, 0) is 48.2 Å². The number of amides is 1. The Bertz CT molecular complexity index is 1080. The molecule has 0 radical (unpaired) electrons. The third-order valence-electron chi connectivity index (χ3n) is 5.06. The van der Waals surface area contributed by atoms with Crippen LogP contribution in [-0.2, 0) is 17.5 Å². The summed E-state index contributed by atoms with van der Waals surface area (Å²) in [5.74, 6) is 0.378. The molecule has 3 rings (SSSR count). The summed E-state index contributed by atoms with van der Waals surface area (Å²) >= 11 is 0. The van der Waals surface area contributed by atoms with E-state index in [-0.39, 0.29) is 18.4 Å². The van der Waals surface area contributed by atoms with E-state index in [0.29, 0.717) is 22.6 Å². The first-order valence-electron chi connectivity index (χ1n) is 9.61. The summed E-state index contributed by atoms with van der Waals surface area (Å²) in [4.78, 5) is 18.0. The topological polar surface area (TPSA) is 50.2 Å². The first-order valence-corrected chi connectivity index (χ1v) is 9.61. The van der Waals surface area contributed by atoms with E-state index in [4.69, 9.17) is 0 Å². The van der Waals surface area contributed by atoms with Gasteiger partial charge in [-0.2, -0.15) is 13.2 Å². The van der Waals surface area contributed by atoms with Gasteiger partial charge in [0.25, 0.3) is 0 Å². The van der Waals surface area contributed by atoms with Crippen LogP contribution in [0.3, 0.4) is 0 Å². The fourth-order valence-corrected chi connectivity index (χ4v) is 3.37. The van der Waals surface area contributed by atoms with Gasteiger partial charge in [0.15, 0.2) is 0 Å². The van der Waals surface area contributed by atoms with Gasteiger partial charge in [0.2, 0.25) is 5.91 Å². The highest BCUT2D eigenvalue weighted by molar-refractivity contribution is 5.93. The number of aryl methyl sites for hydroxylation is 1. The summed E-state index contributed by atoms with van der Waals surface area (Å²) in [6.45, 7) is 5.57. The van der Waals surface area contributed by atoms with Gasteiger partial charge in [-0.3, -0.25) is 4.79 Å². The molecule has 2 aromatic heterocycles. The Morgan fingerprint density at radius 2 is 1.93 bits per heavy atom. The molecule has 0 aliphatic heterocycles. The van der Waals surface area contributed by atoms with Crippen molar-refractivity contribution in [2.45, 2.75) is 39.4 Å². The SMILES string of the molecule is Cc1cc(C(F)(F)F)cc(C(C)C)c1Nc1nccc2c1ccn2CC(=O)N(C)C. The van der Waals surface area contributed by atoms with E-state index in [1.54, 1.807) is 27.2 Å². The molecule has 0 unspecified atom stereocenters. The van der Waals surface area contributed by atoms with Crippen molar-refractivity contribution in [2.75, 3.05) is 19.4 Å². The summed E-state index contributed by atoms with van der Waals surface area (Å²) in [5, 5.41) is 4.04. The van der Waals surface area contributed by atoms with Gasteiger partial charge in [-0.15, -0.1) is 0 Å². The van der Waals surface area contributed by atoms with Crippen molar-refractivity contribution in [1.29, 1.82) is 0 Å². The normalized spacial score (nSPS) is 11.9. The largest absolute Gasteiger partial charge is 0.416 e. The van der Waals surface area contributed by atoms with Crippen molar-refractivity contribution in [3.05, 3.63) is 53.3 Å². The fraction of sp³-hybridized carbons (Fsp3) is 0.364. The molecular weight excluding hydrogens is 393 g/mol. The molecule has 30 heavy (non-hydrogen) atoms. The molecule has 0 bridgehead atoms. The first kappa shape index (κ1) is 21.7. The lowest BCUT2D eigenvalue weighted by molar-refractivity contribution is -0.137. The average Bonchev–Trinajstić information content (AvgIpc) is 3.05. The van der Waals surface area contributed by atoms with Crippen LogP contribution >= 0.6 is 0 Å². The smallest absolute Gasteiger partial charge is 0.347 e. The summed E-state index contributed by atoms with van der Waals surface area (Å²) in [6, 6.07) is 6.00. The van der Waals surface area contributed by atoms with Crippen LogP contribution in [-0.4, -0.2) is 34.5 Å². The molecule has 5 nitrogen and oxygen atoms in total. The molecule has 8 heteroatoms. The number of alkyl halides is 3. The molecule has 0 fully saturated rings. The summed E-state index contributed by atoms with van der Waals surface area (Å²) < 4.78 is 41.7. The highest BCUT2D eigenvalue weighted by Crippen LogP contribution is 2.38. The Balaban J connectivity index is 2.05. The van der Waals surface area contributed by atoms with E-state index in [0.717, 1.165) is 17.0 Å². The number of carbonyl (C=O) groups is 1. The van der Waals surface area contributed by atoms with E-state index >= 15 is 0 Å². The molecule has 0 aliphatic rings. The van der Waals surface area contributed by atoms with Crippen LogP contribution in [0.15, 0.2) is 36.7 Å². The van der Waals surface area contributed by atoms with Crippen molar-refractivity contribution >= 4 is 28.3 Å². The minimum Gasteiger partial charge on any atom is -0.347 e. The standard InChI is InChI=1S/C22H25F3N4O/c1-13(2)17-11-15(22(23,24)25)10-14(3)20(17)27-21-16-7-9-29(12-19(30)28(4)5)18(16)6-8-26-21/h6-11,13H,12H2,1-5H3,(H,26,27). The van der Waals surface area contributed by atoms with Gasteiger partial charge >= 0.3 is 6.18 Å². The molecule has 1 amide bonds. The fourth-order valence-electron chi connectivity index (χ4n) is 3.37. The number of rotatable bonds is 5. The van der Waals surface area contributed by atoms with E-state index < -0.39 is 11.7 Å². The predicted molar refractivity (Wildman–Crippen MR) is 112 cm³/mol. The van der Waals surface area contributed by atoms with Crippen molar-refractivity contribution in [1.82, 2.24) is 14.5 Å². The second-order valence-electron chi connectivity index (χ2n) is 7.86. The number of carbonyl (C=O) groups excluding carboxylic acids is 1. The molecule has 2 heterocycles. The maximum absolute atomic E-state index is 13.3. The number of halogens is 3. The number of hydrogen-bond donors (Lipinski definition) is 1. The maximum atomic E-state index is 13.3. The second kappa shape index (κ2) is 8.01. The van der Waals surface area contributed by atoms with E-state index in [2.05, 4.69) is 10.3 Å². The van der Waals surface area contributed by atoms with Gasteiger partial charge in [-0.1, -0.05) is 13.8 Å². The van der Waals surface area contributed by atoms with Crippen molar-refractivity contribution in [3.8, 4) is 0 Å². The first-order chi connectivity index (χ1) is 14.0. The highest BCUT2D eigenvalue weighted by atomic mass is 19.4. The Labute approximate surface area is 173 Å². The zero-order valence-corrected chi connectivity index (χ0v) is 17.6. The molecule has 1 N–H and O–H groups in total. The van der Waals surface area contributed by atoms with Crippen LogP contribution in [0, 0.1) is 6.92 Å². The number of pyridine rings is 1. The molecule has 160 valence electrons. The summed E-state index contributed by atoms with van der Waals surface area (Å²) in [6.07, 6.45) is -0.973. The zero-order valence-electron chi connectivity index (χ0n) is 17.6. The Morgan fingerprint density at radius 3 is 2.53 bits per heavy atom. The lowest BCUT2D eigenvalue weighted by Crippen LogP contribution is -2.25. The van der Waals surface area contributed by atoms with Crippen LogP contribution in [0.5, 0.6) is 0 Å². The lowest BCUT2D eigenvalue weighted by Gasteiger charge is -2.20. The molecule has 0 aliphatic carbocycles. The third-order valence-corrected chi connectivity index (χ3v) is 5.06. The number of nitrogens with zero attached hydrogens (tertiary/aromatic N) is 3. The molecular formula is C22H25F3N4O. The number of hydrogen-bond acceptors (Lipinski definition) is 3. The highest BCUT2D eigenvalue weighted by Gasteiger charge is 2.32. The van der Waals surface area contributed by atoms with Crippen LogP contribution in [0.2, 0.25) is 0 Å². The van der Waals surface area contributed by atoms with Gasteiger partial charge in [0.05, 0.1) is 11.1 Å². The van der Waals surface area contributed by atoms with Crippen LogP contribution in [0.4, 0.5) is 24.7 Å². The average molecular weight is 418 g/mol. The molecule has 3 aromatic rings. The van der Waals surface area contributed by atoms with Crippen molar-refractivity contribution < 1.29 is 18.0 Å². The summed E-state index contributed by atoms with van der Waals surface area (Å²) in [7, 11) is 3.40. The van der Waals surface area contributed by atoms with Crippen LogP contribution < -0.4 is 5.32 Å². The van der Waals surface area contributed by atoms with E-state index in [9.17, 15) is 18.0 Å². The van der Waals surface area contributed by atoms with Gasteiger partial charge in [0, 0.05) is 37.6 Å². The van der Waals surface area contributed by atoms with Gasteiger partial charge < -0.3 is 14.8 Å². The van der Waals surface area contributed by atoms with E-state index in [1.165, 1.54) is 11.0 Å². The summed E-state index contributed by atoms with van der Waals surface area (Å²) in [5.41, 5.74) is 1.85. The number of aromatic nitrogens is 2. The Hall–Kier alpha value is -3.03. The Morgan fingerprint density at radius 1 is 1.23 bits per heavy atom. The second-order valence-corrected chi connectivity index (χ2v) is 7.86. The van der Waals surface area contributed by atoms with Gasteiger partial charge in [0.1, 0.15) is 12.4 Å². The zero-order chi connectivity index (χ0) is 22.2. The van der Waals surface area contributed by atoms with Crippen LogP contribution in [0.1, 0.15) is 36.5 Å². The molecule has 0 saturated carbocycles. The van der Waals surface area contributed by atoms with Crippen LogP contribution in [0.25, 0.3) is 10.9 Å². The number of likely N-dealkylation sites (N-methyl/N-ethyl adjacent to an activating group) is 1. The maximum Gasteiger partial charge on any atom is 0.416 e. The number of benzene rings is 1. The minimum atomic E-state index is -4.40. The molecule has 1 aromatic carbocycles. The number of anilines is 2. The molecule has 0 spiro atoms. The predicted octanol–water partition coefficient (Wildman–Crippen LogP) is 5.32. The van der Waals surface area contributed by atoms with Crippen molar-refractivity contribution in [2.24, 2.45) is 0 Å². The third kappa shape index (κ3) is 4.27. The lowest BCUT2D eigenvalue weighted by atomic mass is 9.95. The molecule has 0 atom stereocenters. The monoisotopic (exact) mass is 418 g/mol. The minimum absolute atomic E-state index is 0.0421. The Kier molecular flexibility index (Phi) is 5.78.